The van der Waals surface area contributed by atoms with Crippen LogP contribution in [0.4, 0.5) is 5.69 Å². The maximum atomic E-state index is 12.2. The van der Waals surface area contributed by atoms with Gasteiger partial charge in [0.2, 0.25) is 5.91 Å². The van der Waals surface area contributed by atoms with Gasteiger partial charge in [0.05, 0.1) is 12.3 Å². The first-order valence-electron chi connectivity index (χ1n) is 10.7. The molecule has 8 nitrogen and oxygen atoms in total. The highest BCUT2D eigenvalue weighted by Crippen LogP contribution is 2.19. The van der Waals surface area contributed by atoms with Gasteiger partial charge in [0.1, 0.15) is 5.75 Å². The third-order valence-corrected chi connectivity index (χ3v) is 5.94. The lowest BCUT2D eigenvalue weighted by Gasteiger charge is -2.09. The van der Waals surface area contributed by atoms with Crippen LogP contribution in [0, 0.1) is 6.92 Å². The molecule has 0 unspecified atom stereocenters. The van der Waals surface area contributed by atoms with Gasteiger partial charge in [-0.1, -0.05) is 49.9 Å². The number of carbonyl (C=O) groups excluding carboxylic acids is 2. The highest BCUT2D eigenvalue weighted by atomic mass is 32.2. The van der Waals surface area contributed by atoms with Gasteiger partial charge in [0, 0.05) is 12.7 Å². The highest BCUT2D eigenvalue weighted by molar-refractivity contribution is 7.99. The molecule has 0 bridgehead atoms. The number of ether oxygens (including phenoxy) is 1. The summed E-state index contributed by atoms with van der Waals surface area (Å²) < 4.78 is 7.30. The molecule has 2 amide bonds. The van der Waals surface area contributed by atoms with Crippen molar-refractivity contribution in [3.05, 3.63) is 65.5 Å². The number of anilines is 1. The van der Waals surface area contributed by atoms with Gasteiger partial charge >= 0.3 is 0 Å². The van der Waals surface area contributed by atoms with Crippen molar-refractivity contribution in [2.75, 3.05) is 17.7 Å². The maximum absolute atomic E-state index is 12.2. The second-order valence-corrected chi connectivity index (χ2v) is 8.90. The van der Waals surface area contributed by atoms with E-state index in [1.165, 1.54) is 17.3 Å². The van der Waals surface area contributed by atoms with Crippen LogP contribution in [0.5, 0.6) is 5.75 Å². The zero-order valence-electron chi connectivity index (χ0n) is 19.3. The van der Waals surface area contributed by atoms with Gasteiger partial charge in [-0.2, -0.15) is 0 Å². The summed E-state index contributed by atoms with van der Waals surface area (Å²) in [5.74, 6) is 1.51. The zero-order chi connectivity index (χ0) is 23.8. The number of thioether (sulfide) groups is 1. The molecule has 33 heavy (non-hydrogen) atoms. The lowest BCUT2D eigenvalue weighted by molar-refractivity contribution is -0.123. The molecule has 3 aromatic rings. The lowest BCUT2D eigenvalue weighted by atomic mass is 10.0. The van der Waals surface area contributed by atoms with Crippen LogP contribution in [0.3, 0.4) is 0 Å². The fourth-order valence-corrected chi connectivity index (χ4v) is 3.73. The molecular formula is C24H29N5O3S. The average molecular weight is 468 g/mol. The normalized spacial score (nSPS) is 10.8. The number of nitrogens with one attached hydrogen (secondary N) is 2. The molecule has 0 aliphatic carbocycles. The minimum Gasteiger partial charge on any atom is -0.484 e. The molecule has 0 saturated heterocycles. The number of hydrogen-bond donors (Lipinski definition) is 2. The van der Waals surface area contributed by atoms with E-state index in [1.807, 2.05) is 55.5 Å². The largest absolute Gasteiger partial charge is 0.484 e. The molecule has 0 aliphatic rings. The number of hydrogen-bond acceptors (Lipinski definition) is 6. The number of benzene rings is 2. The van der Waals surface area contributed by atoms with Crippen molar-refractivity contribution in [3.8, 4) is 5.75 Å². The van der Waals surface area contributed by atoms with Crippen molar-refractivity contribution in [2.24, 2.45) is 7.05 Å². The Morgan fingerprint density at radius 2 is 1.85 bits per heavy atom. The van der Waals surface area contributed by atoms with E-state index in [0.29, 0.717) is 22.6 Å². The number of nitrogens with zero attached hydrogens (tertiary/aromatic N) is 3. The van der Waals surface area contributed by atoms with Gasteiger partial charge in [-0.15, -0.1) is 10.2 Å². The van der Waals surface area contributed by atoms with Crippen molar-refractivity contribution >= 4 is 29.3 Å². The van der Waals surface area contributed by atoms with Crippen LogP contribution in [0.1, 0.15) is 36.7 Å². The van der Waals surface area contributed by atoms with E-state index in [-0.39, 0.29) is 30.7 Å². The monoisotopic (exact) mass is 467 g/mol. The molecule has 0 atom stereocenters. The average Bonchev–Trinajstić information content (AvgIpc) is 3.14. The van der Waals surface area contributed by atoms with Crippen molar-refractivity contribution in [3.63, 3.8) is 0 Å². The summed E-state index contributed by atoms with van der Waals surface area (Å²) in [6.45, 7) is 6.36. The van der Waals surface area contributed by atoms with Gasteiger partial charge < -0.3 is 19.9 Å². The minimum absolute atomic E-state index is 0.0837. The van der Waals surface area contributed by atoms with E-state index in [0.717, 1.165) is 11.3 Å². The van der Waals surface area contributed by atoms with Crippen LogP contribution in [0.2, 0.25) is 0 Å². The second-order valence-electron chi connectivity index (χ2n) is 7.95. The molecule has 3 rings (SSSR count). The predicted molar refractivity (Wildman–Crippen MR) is 129 cm³/mol. The molecule has 1 aromatic heterocycles. The first-order chi connectivity index (χ1) is 15.8. The van der Waals surface area contributed by atoms with E-state index >= 15 is 0 Å². The predicted octanol–water partition coefficient (Wildman–Crippen LogP) is 3.67. The molecule has 174 valence electrons. The smallest absolute Gasteiger partial charge is 0.258 e. The Labute approximate surface area is 198 Å². The number of rotatable bonds is 10. The van der Waals surface area contributed by atoms with Crippen molar-refractivity contribution in [2.45, 2.75) is 38.4 Å². The summed E-state index contributed by atoms with van der Waals surface area (Å²) in [5, 5.41) is 14.5. The van der Waals surface area contributed by atoms with Gasteiger partial charge in [-0.3, -0.25) is 9.59 Å². The van der Waals surface area contributed by atoms with Crippen molar-refractivity contribution < 1.29 is 14.3 Å². The van der Waals surface area contributed by atoms with Crippen LogP contribution in [0.25, 0.3) is 0 Å². The third-order valence-electron chi connectivity index (χ3n) is 4.92. The van der Waals surface area contributed by atoms with Gasteiger partial charge in [0.15, 0.2) is 17.6 Å². The van der Waals surface area contributed by atoms with Gasteiger partial charge in [-0.25, -0.2) is 0 Å². The van der Waals surface area contributed by atoms with Crippen LogP contribution in [0.15, 0.2) is 53.7 Å². The third kappa shape index (κ3) is 7.35. The fourth-order valence-electron chi connectivity index (χ4n) is 3.00. The number of carbonyl (C=O) groups is 2. The molecule has 9 heteroatoms. The summed E-state index contributed by atoms with van der Waals surface area (Å²) in [7, 11) is 1.80. The van der Waals surface area contributed by atoms with Crippen molar-refractivity contribution in [1.29, 1.82) is 0 Å². The molecule has 2 N–H and O–H groups in total. The van der Waals surface area contributed by atoms with Crippen LogP contribution >= 0.6 is 11.8 Å². The standard InChI is InChI=1S/C24H29N5O3S/c1-16(2)18-8-10-20(11-9-18)32-14-22(30)25-13-21-27-28-24(29(21)4)33-15-23(31)26-19-7-5-6-17(3)12-19/h5-12,16H,13-15H2,1-4H3,(H,25,30)(H,26,31). The number of aromatic nitrogens is 3. The van der Waals surface area contributed by atoms with E-state index in [2.05, 4.69) is 34.7 Å². The Bertz CT molecular complexity index is 1100. The SMILES string of the molecule is Cc1cccc(NC(=O)CSc2nnc(CNC(=O)COc3ccc(C(C)C)cc3)n2C)c1. The quantitative estimate of drug-likeness (QED) is 0.442. The zero-order valence-corrected chi connectivity index (χ0v) is 20.1. The lowest BCUT2D eigenvalue weighted by Crippen LogP contribution is -2.29. The van der Waals surface area contributed by atoms with E-state index in [4.69, 9.17) is 4.74 Å². The first-order valence-corrected chi connectivity index (χ1v) is 11.7. The molecule has 0 saturated carbocycles. The van der Waals surface area contributed by atoms with E-state index in [1.54, 1.807) is 11.6 Å². The first kappa shape index (κ1) is 24.3. The van der Waals surface area contributed by atoms with Gasteiger partial charge in [0.25, 0.3) is 5.91 Å². The second kappa shape index (κ2) is 11.5. The van der Waals surface area contributed by atoms with Crippen LogP contribution in [-0.2, 0) is 23.2 Å². The van der Waals surface area contributed by atoms with Crippen molar-refractivity contribution in [1.82, 2.24) is 20.1 Å². The topological polar surface area (TPSA) is 98.1 Å². The summed E-state index contributed by atoms with van der Waals surface area (Å²) >= 11 is 1.28. The maximum Gasteiger partial charge on any atom is 0.258 e. The summed E-state index contributed by atoms with van der Waals surface area (Å²) in [5.41, 5.74) is 3.06. The highest BCUT2D eigenvalue weighted by Gasteiger charge is 2.13. The van der Waals surface area contributed by atoms with Gasteiger partial charge in [-0.05, 0) is 48.2 Å². The Balaban J connectivity index is 1.42. The van der Waals surface area contributed by atoms with E-state index in [9.17, 15) is 9.59 Å². The molecule has 0 spiro atoms. The summed E-state index contributed by atoms with van der Waals surface area (Å²) in [4.78, 5) is 24.4. The Morgan fingerprint density at radius 3 is 2.55 bits per heavy atom. The molecule has 0 fully saturated rings. The Kier molecular flexibility index (Phi) is 8.48. The fraction of sp³-hybridized carbons (Fsp3) is 0.333. The Hall–Kier alpha value is -3.33. The van der Waals surface area contributed by atoms with Crippen LogP contribution < -0.4 is 15.4 Å². The Morgan fingerprint density at radius 1 is 1.09 bits per heavy atom. The molecule has 0 radical (unpaired) electrons. The molecule has 1 heterocycles. The summed E-state index contributed by atoms with van der Waals surface area (Å²) in [6.07, 6.45) is 0. The number of amides is 2. The minimum atomic E-state index is -0.252. The van der Waals surface area contributed by atoms with Crippen LogP contribution in [-0.4, -0.2) is 38.9 Å². The number of aryl methyl sites for hydroxylation is 1. The molecule has 2 aromatic carbocycles. The molecule has 0 aliphatic heterocycles. The van der Waals surface area contributed by atoms with E-state index < -0.39 is 0 Å². The molecular weight excluding hydrogens is 438 g/mol. The summed E-state index contributed by atoms with van der Waals surface area (Å²) in [6, 6.07) is 15.4.